The topological polar surface area (TPSA) is 22.3 Å². The van der Waals surface area contributed by atoms with E-state index in [2.05, 4.69) is 39.9 Å². The molecule has 0 bridgehead atoms. The third kappa shape index (κ3) is 13.2. The van der Waals surface area contributed by atoms with Crippen molar-refractivity contribution < 1.29 is 22.0 Å². The van der Waals surface area contributed by atoms with Crippen LogP contribution in [0.1, 0.15) is 79.1 Å². The number of nitrogens with zero attached hydrogens (tertiary/aromatic N) is 2. The Kier molecular flexibility index (Phi) is 22.0. The predicted molar refractivity (Wildman–Crippen MR) is 147 cm³/mol. The largest absolute Gasteiger partial charge is 0.753 e. The Morgan fingerprint density at radius 1 is 0.656 bits per heavy atom. The van der Waals surface area contributed by atoms with Crippen LogP contribution >= 0.6 is 57.4 Å². The fraction of sp³-hybridized carbons (Fsp3) is 0.696. The van der Waals surface area contributed by atoms with Gasteiger partial charge < -0.3 is 9.89 Å². The van der Waals surface area contributed by atoms with Crippen LogP contribution in [-0.4, -0.2) is 35.8 Å². The minimum atomic E-state index is -1.35. The van der Waals surface area contributed by atoms with Crippen molar-refractivity contribution in [2.24, 2.45) is 0 Å². The molecule has 0 atom stereocenters. The van der Waals surface area contributed by atoms with Gasteiger partial charge in [-0.1, -0.05) is 65.6 Å². The number of thiocarbonyl (C=S) groups is 1. The molecule has 186 valence electrons. The van der Waals surface area contributed by atoms with Crippen molar-refractivity contribution in [2.75, 3.05) is 26.2 Å². The van der Waals surface area contributed by atoms with Crippen LogP contribution in [0.5, 0.6) is 0 Å². The molecule has 2 nitrogen and oxygen atoms in total. The average Bonchev–Trinajstić information content (AvgIpc) is 2.80. The van der Waals surface area contributed by atoms with Gasteiger partial charge in [-0.15, -0.1) is 0 Å². The molecule has 0 radical (unpaired) electrons. The summed E-state index contributed by atoms with van der Waals surface area (Å²) in [5.74, 6) is -5.39. The summed E-state index contributed by atoms with van der Waals surface area (Å²) < 4.78 is 50.6. The molecule has 1 rings (SSSR count). The van der Waals surface area contributed by atoms with Crippen LogP contribution in [0.2, 0.25) is 0 Å². The molecule has 0 N–H and O–H groups in total. The molecule has 32 heavy (non-hydrogen) atoms. The normalized spacial score (nSPS) is 10.6. The highest BCUT2D eigenvalue weighted by molar-refractivity contribution is 14.1. The van der Waals surface area contributed by atoms with E-state index in [0.29, 0.717) is 0 Å². The Morgan fingerprint density at radius 3 is 1.00 bits per heavy atom. The Morgan fingerprint density at radius 2 is 0.844 bits per heavy atom. The van der Waals surface area contributed by atoms with Gasteiger partial charge in [-0.3, -0.25) is 0 Å². The zero-order chi connectivity index (χ0) is 25.2. The van der Waals surface area contributed by atoms with Gasteiger partial charge in [0.05, 0.1) is 33.3 Å². The van der Waals surface area contributed by atoms with Gasteiger partial charge in [-0.25, -0.2) is 17.6 Å². The molecule has 1 aromatic carbocycles. The fourth-order valence-electron chi connectivity index (χ4n) is 3.22. The SMILES string of the molecule is CCCC[N+](CCCC)(CCCC)CCCC.Fc1c(F)c(I)c(F)c(F)c1I.[N-]=C=S. The van der Waals surface area contributed by atoms with E-state index < -0.39 is 30.4 Å². The van der Waals surface area contributed by atoms with Crippen molar-refractivity contribution in [3.63, 3.8) is 0 Å². The number of halogens is 6. The monoisotopic (exact) mass is 702 g/mol. The summed E-state index contributed by atoms with van der Waals surface area (Å²) in [4.78, 5) is 0. The first-order valence-electron chi connectivity index (χ1n) is 11.2. The summed E-state index contributed by atoms with van der Waals surface area (Å²) in [5, 5.41) is 8.47. The minimum absolute atomic E-state index is 0.664. The van der Waals surface area contributed by atoms with Crippen molar-refractivity contribution in [1.82, 2.24) is 0 Å². The molecule has 0 spiro atoms. The summed E-state index contributed by atoms with van der Waals surface area (Å²) >= 11 is 6.11. The summed E-state index contributed by atoms with van der Waals surface area (Å²) in [6.07, 6.45) is 11.1. The van der Waals surface area contributed by atoms with Crippen molar-refractivity contribution in [1.29, 1.82) is 0 Å². The zero-order valence-corrected chi connectivity index (χ0v) is 24.7. The van der Waals surface area contributed by atoms with E-state index in [1.807, 2.05) is 0 Å². The third-order valence-corrected chi connectivity index (χ3v) is 6.99. The molecule has 0 aliphatic heterocycles. The Labute approximate surface area is 224 Å². The second-order valence-electron chi connectivity index (χ2n) is 7.63. The first kappa shape index (κ1) is 34.3. The lowest BCUT2D eigenvalue weighted by Crippen LogP contribution is -2.50. The lowest BCUT2D eigenvalue weighted by Gasteiger charge is -2.39. The molecule has 0 amide bonds. The van der Waals surface area contributed by atoms with Crippen molar-refractivity contribution in [2.45, 2.75) is 79.1 Å². The molecule has 9 heteroatoms. The Bertz CT molecular complexity index is 542. The van der Waals surface area contributed by atoms with Crippen LogP contribution in [0.3, 0.4) is 0 Å². The van der Waals surface area contributed by atoms with Crippen molar-refractivity contribution in [3.8, 4) is 0 Å². The molecule has 0 aromatic heterocycles. The van der Waals surface area contributed by atoms with E-state index in [9.17, 15) is 17.6 Å². The number of hydrogen-bond donors (Lipinski definition) is 0. The highest BCUT2D eigenvalue weighted by atomic mass is 127. The minimum Gasteiger partial charge on any atom is -0.753 e. The van der Waals surface area contributed by atoms with Gasteiger partial charge in [0.25, 0.3) is 0 Å². The molecular weight excluding hydrogens is 666 g/mol. The quantitative estimate of drug-likeness (QED) is 0.0406. The van der Waals surface area contributed by atoms with Gasteiger partial charge in [0.1, 0.15) is 0 Å². The average molecular weight is 702 g/mol. The van der Waals surface area contributed by atoms with Gasteiger partial charge in [-0.2, -0.15) is 5.16 Å². The van der Waals surface area contributed by atoms with Crippen LogP contribution in [0.25, 0.3) is 5.41 Å². The first-order chi connectivity index (χ1) is 15.1. The van der Waals surface area contributed by atoms with Crippen LogP contribution < -0.4 is 0 Å². The number of isothiocyanates is 1. The summed E-state index contributed by atoms with van der Waals surface area (Å²) in [6, 6.07) is 0. The molecule has 0 saturated carbocycles. The molecule has 0 heterocycles. The highest BCUT2D eigenvalue weighted by Gasteiger charge is 2.24. The van der Waals surface area contributed by atoms with Gasteiger partial charge >= 0.3 is 0 Å². The van der Waals surface area contributed by atoms with E-state index in [1.54, 1.807) is 0 Å². The third-order valence-electron chi connectivity index (χ3n) is 5.10. The second-order valence-corrected chi connectivity index (χ2v) is 9.97. The molecule has 1 aromatic rings. The zero-order valence-electron chi connectivity index (χ0n) is 19.6. The van der Waals surface area contributed by atoms with Crippen LogP contribution in [0, 0.1) is 30.4 Å². The summed E-state index contributed by atoms with van der Waals surface area (Å²) in [6.45, 7) is 15.0. The van der Waals surface area contributed by atoms with E-state index in [0.717, 1.165) is 0 Å². The fourth-order valence-corrected chi connectivity index (χ4v) is 4.17. The van der Waals surface area contributed by atoms with Crippen molar-refractivity contribution >= 4 is 62.6 Å². The van der Waals surface area contributed by atoms with Gasteiger partial charge in [0.2, 0.25) is 0 Å². The highest BCUT2D eigenvalue weighted by Crippen LogP contribution is 2.26. The van der Waals surface area contributed by atoms with E-state index in [-0.39, 0.29) is 0 Å². The molecular formula is C23H36F4I2N2S. The molecule has 0 fully saturated rings. The maximum absolute atomic E-state index is 12.6. The number of unbranched alkanes of at least 4 members (excludes halogenated alkanes) is 4. The maximum atomic E-state index is 12.6. The molecule has 0 aliphatic carbocycles. The first-order valence-corrected chi connectivity index (χ1v) is 13.7. The van der Waals surface area contributed by atoms with Gasteiger partial charge in [0.15, 0.2) is 23.3 Å². The molecule has 0 saturated heterocycles. The van der Waals surface area contributed by atoms with E-state index in [1.165, 1.54) is 132 Å². The summed E-state index contributed by atoms with van der Waals surface area (Å²) in [7, 11) is 0. The van der Waals surface area contributed by atoms with Crippen molar-refractivity contribution in [3.05, 3.63) is 35.8 Å². The standard InChI is InChI=1S/C16H36N.C6F4I2.CNS/c1-5-9-13-17(14-10-6-2,15-11-7-3)16-12-8-4;7-1-2(8)6(12)4(10)3(9)5(1)11;2-1-3/h5-16H2,1-4H3;;/q+1;;-1. The number of hydrogen-bond acceptors (Lipinski definition) is 1. The smallest absolute Gasteiger partial charge is 0.176 e. The number of rotatable bonds is 12. The lowest BCUT2D eigenvalue weighted by atomic mass is 10.1. The molecule has 0 aliphatic rings. The Balaban J connectivity index is 0. The summed E-state index contributed by atoms with van der Waals surface area (Å²) in [5.41, 5.74) is 0. The predicted octanol–water partition coefficient (Wildman–Crippen LogP) is 9.11. The second kappa shape index (κ2) is 20.5. The van der Waals surface area contributed by atoms with Crippen LogP contribution in [-0.2, 0) is 0 Å². The maximum Gasteiger partial charge on any atom is 0.176 e. The van der Waals surface area contributed by atoms with Gasteiger partial charge in [0, 0.05) is 0 Å². The molecule has 0 unspecified atom stereocenters. The van der Waals surface area contributed by atoms with E-state index >= 15 is 0 Å². The van der Waals surface area contributed by atoms with Crippen LogP contribution in [0.4, 0.5) is 17.6 Å². The lowest BCUT2D eigenvalue weighted by molar-refractivity contribution is -0.929. The van der Waals surface area contributed by atoms with Crippen LogP contribution in [0.15, 0.2) is 0 Å². The number of quaternary nitrogens is 1. The van der Waals surface area contributed by atoms with E-state index in [4.69, 9.17) is 5.41 Å². The Hall–Kier alpha value is 0.160. The van der Waals surface area contributed by atoms with Gasteiger partial charge in [-0.05, 0) is 70.9 Å². The number of benzene rings is 1.